The molecule has 2 aromatic rings. The molecule has 0 unspecified atom stereocenters. The van der Waals surface area contributed by atoms with Crippen LogP contribution >= 0.6 is 24.2 Å². The van der Waals surface area contributed by atoms with Gasteiger partial charge in [-0.15, -0.1) is 12.4 Å². The van der Waals surface area contributed by atoms with Gasteiger partial charge >= 0.3 is 5.97 Å². The number of rotatable bonds is 10. The third kappa shape index (κ3) is 9.23. The molecule has 0 saturated heterocycles. The molecule has 0 radical (unpaired) electrons. The van der Waals surface area contributed by atoms with Gasteiger partial charge in [0, 0.05) is 0 Å². The maximum atomic E-state index is 12.7. The van der Waals surface area contributed by atoms with Crippen molar-refractivity contribution in [3.8, 4) is 0 Å². The molecular weight excluding hydrogens is 444 g/mol. The molecule has 0 aromatic heterocycles. The normalized spacial score (nSPS) is 12.9. The lowest BCUT2D eigenvalue weighted by Gasteiger charge is -2.21. The Balaban J connectivity index is 0.00000512. The molecule has 0 aliphatic rings. The zero-order valence-corrected chi connectivity index (χ0v) is 20.9. The van der Waals surface area contributed by atoms with Crippen molar-refractivity contribution in [3.63, 3.8) is 0 Å². The van der Waals surface area contributed by atoms with Crippen molar-refractivity contribution in [1.29, 1.82) is 0 Å². The molecule has 2 atom stereocenters. The van der Waals surface area contributed by atoms with E-state index in [-0.39, 0.29) is 30.3 Å². The maximum absolute atomic E-state index is 12.7. The second-order valence-corrected chi connectivity index (χ2v) is 9.68. The van der Waals surface area contributed by atoms with Gasteiger partial charge in [-0.2, -0.15) is 11.8 Å². The lowest BCUT2D eigenvalue weighted by Crippen LogP contribution is -2.49. The largest absolute Gasteiger partial charge is 0.459 e. The topological polar surface area (TPSA) is 81.4 Å². The summed E-state index contributed by atoms with van der Waals surface area (Å²) in [6.45, 7) is 6.66. The summed E-state index contributed by atoms with van der Waals surface area (Å²) in [5, 5.41) is 2.79. The molecule has 0 fully saturated rings. The summed E-state index contributed by atoms with van der Waals surface area (Å²) in [6.07, 6.45) is 2.86. The Bertz CT molecular complexity index is 839. The van der Waals surface area contributed by atoms with Crippen LogP contribution in [0.15, 0.2) is 54.6 Å². The minimum Gasteiger partial charge on any atom is -0.459 e. The number of hydrogen-bond donors (Lipinski definition) is 2. The fourth-order valence-electron chi connectivity index (χ4n) is 3.08. The number of hydrogen-bond acceptors (Lipinski definition) is 5. The number of amides is 1. The van der Waals surface area contributed by atoms with E-state index in [0.717, 1.165) is 16.9 Å². The number of halogens is 1. The average molecular weight is 479 g/mol. The van der Waals surface area contributed by atoms with Crippen molar-refractivity contribution in [2.45, 2.75) is 57.7 Å². The van der Waals surface area contributed by atoms with Gasteiger partial charge in [-0.3, -0.25) is 4.79 Å². The molecule has 0 aliphatic carbocycles. The molecule has 5 nitrogen and oxygen atoms in total. The molecule has 0 saturated carbocycles. The third-order valence-corrected chi connectivity index (χ3v) is 5.69. The fourth-order valence-corrected chi connectivity index (χ4v) is 3.55. The first-order valence-corrected chi connectivity index (χ1v) is 11.9. The third-order valence-electron chi connectivity index (χ3n) is 5.05. The molecule has 176 valence electrons. The predicted molar refractivity (Wildman–Crippen MR) is 135 cm³/mol. The van der Waals surface area contributed by atoms with E-state index < -0.39 is 18.1 Å². The Kier molecular flexibility index (Phi) is 11.8. The number of benzene rings is 2. The molecule has 1 amide bonds. The molecular formula is C25H35ClN2O3S. The van der Waals surface area contributed by atoms with E-state index in [2.05, 4.69) is 38.2 Å². The van der Waals surface area contributed by atoms with E-state index in [1.807, 2.05) is 48.7 Å². The van der Waals surface area contributed by atoms with Crippen LogP contribution in [-0.4, -0.2) is 36.0 Å². The van der Waals surface area contributed by atoms with E-state index in [1.165, 1.54) is 5.56 Å². The minimum atomic E-state index is -0.737. The van der Waals surface area contributed by atoms with Crippen LogP contribution in [0.3, 0.4) is 0 Å². The van der Waals surface area contributed by atoms with Crippen LogP contribution in [0.1, 0.15) is 43.9 Å². The number of thioether (sulfide) groups is 1. The molecule has 3 N–H and O–H groups in total. The van der Waals surface area contributed by atoms with Crippen LogP contribution in [0, 0.1) is 0 Å². The quantitative estimate of drug-likeness (QED) is 0.499. The van der Waals surface area contributed by atoms with Gasteiger partial charge in [-0.25, -0.2) is 4.79 Å². The average Bonchev–Trinajstić information content (AvgIpc) is 2.75. The van der Waals surface area contributed by atoms with E-state index >= 15 is 0 Å². The first kappa shape index (κ1) is 28.0. The van der Waals surface area contributed by atoms with Crippen LogP contribution < -0.4 is 11.1 Å². The molecule has 0 bridgehead atoms. The number of carbonyl (C=O) groups excluding carboxylic acids is 2. The van der Waals surface area contributed by atoms with E-state index in [1.54, 1.807) is 11.8 Å². The molecule has 32 heavy (non-hydrogen) atoms. The maximum Gasteiger partial charge on any atom is 0.329 e. The SMILES string of the molecule is CSCC[C@H](NC(=O)[C@@H](N)Cc1ccc(C(C)(C)C)cc1)C(=O)OCc1ccccc1.Cl. The fraction of sp³-hybridized carbons (Fsp3) is 0.440. The van der Waals surface area contributed by atoms with E-state index in [4.69, 9.17) is 10.5 Å². The van der Waals surface area contributed by atoms with Crippen molar-refractivity contribution in [2.75, 3.05) is 12.0 Å². The van der Waals surface area contributed by atoms with Gasteiger partial charge < -0.3 is 15.8 Å². The summed E-state index contributed by atoms with van der Waals surface area (Å²) in [5.74, 6) is -0.0508. The first-order chi connectivity index (χ1) is 14.7. The Labute approximate surface area is 202 Å². The van der Waals surface area contributed by atoms with Crippen LogP contribution in [0.2, 0.25) is 0 Å². The summed E-state index contributed by atoms with van der Waals surface area (Å²) in [5.41, 5.74) is 9.34. The first-order valence-electron chi connectivity index (χ1n) is 10.6. The Hall–Kier alpha value is -2.02. The smallest absolute Gasteiger partial charge is 0.329 e. The van der Waals surface area contributed by atoms with Crippen LogP contribution in [0.25, 0.3) is 0 Å². The lowest BCUT2D eigenvalue weighted by atomic mass is 9.86. The summed E-state index contributed by atoms with van der Waals surface area (Å²) in [7, 11) is 0. The highest BCUT2D eigenvalue weighted by Gasteiger charge is 2.25. The van der Waals surface area contributed by atoms with Crippen molar-refractivity contribution in [1.82, 2.24) is 5.32 Å². The zero-order valence-electron chi connectivity index (χ0n) is 19.3. The van der Waals surface area contributed by atoms with Crippen LogP contribution in [0.4, 0.5) is 0 Å². The lowest BCUT2D eigenvalue weighted by molar-refractivity contribution is -0.149. The zero-order chi connectivity index (χ0) is 22.9. The predicted octanol–water partition coefficient (Wildman–Crippen LogP) is 4.26. The number of nitrogens with one attached hydrogen (secondary N) is 1. The van der Waals surface area contributed by atoms with Gasteiger partial charge in [0.15, 0.2) is 0 Å². The summed E-state index contributed by atoms with van der Waals surface area (Å²) >= 11 is 1.61. The van der Waals surface area contributed by atoms with Crippen molar-refractivity contribution in [3.05, 3.63) is 71.3 Å². The Morgan fingerprint density at radius 3 is 2.22 bits per heavy atom. The van der Waals surface area contributed by atoms with Gasteiger partial charge in [-0.05, 0) is 47.0 Å². The highest BCUT2D eigenvalue weighted by Crippen LogP contribution is 2.22. The second kappa shape index (κ2) is 13.5. The molecule has 2 aromatic carbocycles. The molecule has 7 heteroatoms. The van der Waals surface area contributed by atoms with Gasteiger partial charge in [0.2, 0.25) is 5.91 Å². The highest BCUT2D eigenvalue weighted by molar-refractivity contribution is 7.98. The molecule has 2 rings (SSSR count). The van der Waals surface area contributed by atoms with Gasteiger partial charge in [-0.1, -0.05) is 75.4 Å². The van der Waals surface area contributed by atoms with Gasteiger partial charge in [0.1, 0.15) is 12.6 Å². The minimum absolute atomic E-state index is 0. The standard InChI is InChI=1S/C25H34N2O3S.ClH/c1-25(2,3)20-12-10-18(11-13-20)16-21(26)23(28)27-22(14-15-31-4)24(29)30-17-19-8-6-5-7-9-19;/h5-13,21-22H,14-17,26H2,1-4H3,(H,27,28);1H/t21-,22-;/m0./s1. The highest BCUT2D eigenvalue weighted by atomic mass is 35.5. The van der Waals surface area contributed by atoms with Gasteiger partial charge in [0.25, 0.3) is 0 Å². The van der Waals surface area contributed by atoms with Crippen LogP contribution in [0.5, 0.6) is 0 Å². The van der Waals surface area contributed by atoms with Crippen molar-refractivity contribution in [2.24, 2.45) is 5.73 Å². The Morgan fingerprint density at radius 2 is 1.66 bits per heavy atom. The number of nitrogens with two attached hydrogens (primary N) is 1. The van der Waals surface area contributed by atoms with Crippen molar-refractivity contribution >= 4 is 36.0 Å². The summed E-state index contributed by atoms with van der Waals surface area (Å²) in [6, 6.07) is 16.2. The summed E-state index contributed by atoms with van der Waals surface area (Å²) in [4.78, 5) is 25.3. The summed E-state index contributed by atoms with van der Waals surface area (Å²) < 4.78 is 5.43. The van der Waals surface area contributed by atoms with Crippen molar-refractivity contribution < 1.29 is 14.3 Å². The molecule has 0 spiro atoms. The van der Waals surface area contributed by atoms with Gasteiger partial charge in [0.05, 0.1) is 6.04 Å². The van der Waals surface area contributed by atoms with E-state index in [0.29, 0.717) is 12.8 Å². The molecule has 0 heterocycles. The monoisotopic (exact) mass is 478 g/mol. The number of ether oxygens (including phenoxy) is 1. The van der Waals surface area contributed by atoms with E-state index in [9.17, 15) is 9.59 Å². The number of carbonyl (C=O) groups is 2. The van der Waals surface area contributed by atoms with Crippen LogP contribution in [-0.2, 0) is 32.8 Å². The second-order valence-electron chi connectivity index (χ2n) is 8.69. The Morgan fingerprint density at radius 1 is 1.03 bits per heavy atom. The number of esters is 1. The molecule has 0 aliphatic heterocycles.